The number of amides is 3. The molecule has 3 aromatic rings. The molecule has 7 nitrogen and oxygen atoms in total. The standard InChI is InChI=1S/C21H18ClN3O4/c22-16-10-8-15(9-11-16)19(26)24-25-20(27)17(13-14-5-2-1-3-6-14)23-21(28)18-7-4-12-29-18/h1-12,17H,13H2,(H,23,28)(H,24,26)(H,25,27)/t17-/m0/s1. The molecule has 3 N–H and O–H groups in total. The Hall–Kier alpha value is -3.58. The van der Waals surface area contributed by atoms with Gasteiger partial charge in [0.25, 0.3) is 17.7 Å². The monoisotopic (exact) mass is 411 g/mol. The number of carbonyl (C=O) groups is 3. The molecule has 0 fully saturated rings. The fraction of sp³-hybridized carbons (Fsp3) is 0.0952. The molecule has 29 heavy (non-hydrogen) atoms. The Morgan fingerprint density at radius 1 is 0.862 bits per heavy atom. The van der Waals surface area contributed by atoms with Crippen LogP contribution in [0.2, 0.25) is 5.02 Å². The molecule has 0 aliphatic rings. The highest BCUT2D eigenvalue weighted by Gasteiger charge is 2.23. The van der Waals surface area contributed by atoms with E-state index in [1.165, 1.54) is 24.5 Å². The van der Waals surface area contributed by atoms with E-state index in [0.29, 0.717) is 10.6 Å². The van der Waals surface area contributed by atoms with E-state index in [-0.39, 0.29) is 12.2 Å². The van der Waals surface area contributed by atoms with Gasteiger partial charge < -0.3 is 9.73 Å². The van der Waals surface area contributed by atoms with Crippen molar-refractivity contribution in [3.05, 3.63) is 94.9 Å². The molecule has 8 heteroatoms. The average Bonchev–Trinajstić information content (AvgIpc) is 3.27. The number of rotatable bonds is 6. The average molecular weight is 412 g/mol. The summed E-state index contributed by atoms with van der Waals surface area (Å²) >= 11 is 5.80. The zero-order valence-electron chi connectivity index (χ0n) is 15.2. The van der Waals surface area contributed by atoms with Gasteiger partial charge >= 0.3 is 0 Å². The van der Waals surface area contributed by atoms with Gasteiger partial charge in [-0.15, -0.1) is 0 Å². The summed E-state index contributed by atoms with van der Waals surface area (Å²) in [6, 6.07) is 17.5. The van der Waals surface area contributed by atoms with Gasteiger partial charge in [-0.3, -0.25) is 25.2 Å². The van der Waals surface area contributed by atoms with Crippen molar-refractivity contribution in [3.63, 3.8) is 0 Å². The summed E-state index contributed by atoms with van der Waals surface area (Å²) in [6.07, 6.45) is 1.60. The van der Waals surface area contributed by atoms with Gasteiger partial charge in [0.1, 0.15) is 6.04 Å². The van der Waals surface area contributed by atoms with Crippen molar-refractivity contribution in [2.24, 2.45) is 0 Å². The summed E-state index contributed by atoms with van der Waals surface area (Å²) in [4.78, 5) is 37.1. The van der Waals surface area contributed by atoms with E-state index >= 15 is 0 Å². The summed E-state index contributed by atoms with van der Waals surface area (Å²) in [6.45, 7) is 0. The number of hydrogen-bond acceptors (Lipinski definition) is 4. The lowest BCUT2D eigenvalue weighted by Crippen LogP contribution is -2.53. The molecular weight excluding hydrogens is 394 g/mol. The van der Waals surface area contributed by atoms with E-state index in [2.05, 4.69) is 16.2 Å². The van der Waals surface area contributed by atoms with Crippen molar-refractivity contribution >= 4 is 29.3 Å². The van der Waals surface area contributed by atoms with E-state index in [1.807, 2.05) is 30.3 Å². The van der Waals surface area contributed by atoms with Crippen LogP contribution in [0.3, 0.4) is 0 Å². The summed E-state index contributed by atoms with van der Waals surface area (Å²) in [5, 5.41) is 3.12. The van der Waals surface area contributed by atoms with Gasteiger partial charge in [-0.05, 0) is 42.0 Å². The zero-order valence-corrected chi connectivity index (χ0v) is 16.0. The highest BCUT2D eigenvalue weighted by molar-refractivity contribution is 6.30. The predicted molar refractivity (Wildman–Crippen MR) is 107 cm³/mol. The first-order valence-corrected chi connectivity index (χ1v) is 9.15. The van der Waals surface area contributed by atoms with Crippen LogP contribution in [-0.4, -0.2) is 23.8 Å². The van der Waals surface area contributed by atoms with Crippen LogP contribution in [0, 0.1) is 0 Å². The lowest BCUT2D eigenvalue weighted by Gasteiger charge is -2.18. The zero-order chi connectivity index (χ0) is 20.6. The molecule has 1 atom stereocenters. The number of furan rings is 1. The lowest BCUT2D eigenvalue weighted by atomic mass is 10.1. The SMILES string of the molecule is O=C(NNC(=O)[C@H](Cc1ccccc1)NC(=O)c1ccco1)c1ccc(Cl)cc1. The number of benzene rings is 2. The van der Waals surface area contributed by atoms with Gasteiger partial charge in [-0.25, -0.2) is 0 Å². The second-order valence-corrected chi connectivity index (χ2v) is 6.58. The number of hydrazine groups is 1. The first kappa shape index (κ1) is 20.2. The number of carbonyl (C=O) groups excluding carboxylic acids is 3. The Balaban J connectivity index is 1.66. The minimum atomic E-state index is -0.930. The Kier molecular flexibility index (Phi) is 6.65. The first-order chi connectivity index (χ1) is 14.0. The molecule has 0 aliphatic carbocycles. The highest BCUT2D eigenvalue weighted by atomic mass is 35.5. The Labute approximate surface area is 172 Å². The summed E-state index contributed by atoms with van der Waals surface area (Å²) in [5.41, 5.74) is 5.86. The normalized spacial score (nSPS) is 11.3. The largest absolute Gasteiger partial charge is 0.459 e. The highest BCUT2D eigenvalue weighted by Crippen LogP contribution is 2.09. The maximum Gasteiger partial charge on any atom is 0.287 e. The van der Waals surface area contributed by atoms with Crippen LogP contribution in [0.25, 0.3) is 0 Å². The molecular formula is C21H18ClN3O4. The summed E-state index contributed by atoms with van der Waals surface area (Å²) in [7, 11) is 0. The fourth-order valence-corrected chi connectivity index (χ4v) is 2.70. The molecule has 3 amide bonds. The van der Waals surface area contributed by atoms with E-state index in [4.69, 9.17) is 16.0 Å². The molecule has 0 bridgehead atoms. The van der Waals surface area contributed by atoms with E-state index < -0.39 is 23.8 Å². The van der Waals surface area contributed by atoms with Gasteiger partial charge in [0.15, 0.2) is 5.76 Å². The quantitative estimate of drug-likeness (QED) is 0.543. The molecule has 148 valence electrons. The maximum atomic E-state index is 12.7. The number of nitrogens with one attached hydrogen (secondary N) is 3. The lowest BCUT2D eigenvalue weighted by molar-refractivity contribution is -0.123. The van der Waals surface area contributed by atoms with Crippen LogP contribution in [0.4, 0.5) is 0 Å². The maximum absolute atomic E-state index is 12.7. The second kappa shape index (κ2) is 9.57. The molecule has 3 rings (SSSR count). The predicted octanol–water partition coefficient (Wildman–Crippen LogP) is 2.74. The van der Waals surface area contributed by atoms with Crippen LogP contribution in [0.5, 0.6) is 0 Å². The van der Waals surface area contributed by atoms with E-state index in [9.17, 15) is 14.4 Å². The molecule has 0 radical (unpaired) electrons. The first-order valence-electron chi connectivity index (χ1n) is 8.77. The van der Waals surface area contributed by atoms with Crippen LogP contribution in [-0.2, 0) is 11.2 Å². The van der Waals surface area contributed by atoms with Crippen molar-refractivity contribution in [2.75, 3.05) is 0 Å². The molecule has 0 spiro atoms. The molecule has 0 saturated carbocycles. The Bertz CT molecular complexity index is 973. The minimum absolute atomic E-state index is 0.0843. The summed E-state index contributed by atoms with van der Waals surface area (Å²) < 4.78 is 5.07. The Morgan fingerprint density at radius 2 is 1.59 bits per heavy atom. The van der Waals surface area contributed by atoms with Gasteiger partial charge in [-0.2, -0.15) is 0 Å². The van der Waals surface area contributed by atoms with Crippen LogP contribution >= 0.6 is 11.6 Å². The van der Waals surface area contributed by atoms with E-state index in [0.717, 1.165) is 5.56 Å². The van der Waals surface area contributed by atoms with Crippen LogP contribution < -0.4 is 16.2 Å². The molecule has 0 unspecified atom stereocenters. The number of hydrogen-bond donors (Lipinski definition) is 3. The molecule has 1 heterocycles. The fourth-order valence-electron chi connectivity index (χ4n) is 2.58. The summed E-state index contributed by atoms with van der Waals surface area (Å²) in [5.74, 6) is -1.53. The van der Waals surface area contributed by atoms with Gasteiger partial charge in [-0.1, -0.05) is 41.9 Å². The van der Waals surface area contributed by atoms with Crippen molar-refractivity contribution in [2.45, 2.75) is 12.5 Å². The Morgan fingerprint density at radius 3 is 2.24 bits per heavy atom. The number of halogens is 1. The second-order valence-electron chi connectivity index (χ2n) is 6.14. The van der Waals surface area contributed by atoms with Gasteiger partial charge in [0, 0.05) is 17.0 Å². The van der Waals surface area contributed by atoms with E-state index in [1.54, 1.807) is 18.2 Å². The van der Waals surface area contributed by atoms with Crippen LogP contribution in [0.15, 0.2) is 77.4 Å². The van der Waals surface area contributed by atoms with Crippen molar-refractivity contribution in [1.29, 1.82) is 0 Å². The molecule has 1 aromatic heterocycles. The molecule has 0 saturated heterocycles. The third-order valence-electron chi connectivity index (χ3n) is 4.06. The van der Waals surface area contributed by atoms with Crippen molar-refractivity contribution in [1.82, 2.24) is 16.2 Å². The van der Waals surface area contributed by atoms with Crippen molar-refractivity contribution in [3.8, 4) is 0 Å². The smallest absolute Gasteiger partial charge is 0.287 e. The van der Waals surface area contributed by atoms with Crippen molar-refractivity contribution < 1.29 is 18.8 Å². The topological polar surface area (TPSA) is 100 Å². The third kappa shape index (κ3) is 5.70. The van der Waals surface area contributed by atoms with Gasteiger partial charge in [0.05, 0.1) is 6.26 Å². The minimum Gasteiger partial charge on any atom is -0.459 e. The van der Waals surface area contributed by atoms with Crippen LogP contribution in [0.1, 0.15) is 26.5 Å². The van der Waals surface area contributed by atoms with Gasteiger partial charge in [0.2, 0.25) is 0 Å². The molecule has 2 aromatic carbocycles. The third-order valence-corrected chi connectivity index (χ3v) is 4.31. The molecule has 0 aliphatic heterocycles.